The van der Waals surface area contributed by atoms with Crippen molar-refractivity contribution >= 4 is 27.5 Å². The molecular formula is C22H22N4O6S. The molecule has 1 saturated heterocycles. The van der Waals surface area contributed by atoms with Crippen LogP contribution in [0.1, 0.15) is 28.5 Å². The van der Waals surface area contributed by atoms with Crippen molar-refractivity contribution in [2.75, 3.05) is 23.4 Å². The lowest BCUT2D eigenvalue weighted by Crippen LogP contribution is -2.24. The molecule has 1 aliphatic heterocycles. The molecule has 1 fully saturated rings. The monoisotopic (exact) mass is 470 g/mol. The first-order valence-corrected chi connectivity index (χ1v) is 12.0. The number of benzene rings is 1. The fourth-order valence-corrected chi connectivity index (χ4v) is 5.20. The Labute approximate surface area is 190 Å². The molecule has 1 N–H and O–H groups in total. The minimum Gasteiger partial charge on any atom is -0.455 e. The number of anilines is 1. The van der Waals surface area contributed by atoms with Crippen LogP contribution in [-0.2, 0) is 19.4 Å². The molecular weight excluding hydrogens is 448 g/mol. The lowest BCUT2D eigenvalue weighted by Gasteiger charge is -2.14. The van der Waals surface area contributed by atoms with Crippen molar-refractivity contribution in [1.82, 2.24) is 14.8 Å². The zero-order chi connectivity index (χ0) is 23.4. The van der Waals surface area contributed by atoms with Crippen molar-refractivity contribution in [2.24, 2.45) is 0 Å². The Kier molecular flexibility index (Phi) is 6.40. The van der Waals surface area contributed by atoms with Gasteiger partial charge in [0.25, 0.3) is 5.91 Å². The second-order valence-electron chi connectivity index (χ2n) is 7.58. The maximum absolute atomic E-state index is 12.6. The summed E-state index contributed by atoms with van der Waals surface area (Å²) in [6, 6.07) is 11.2. The topological polar surface area (TPSA) is 129 Å². The number of aryl methyl sites for hydroxylation is 1. The van der Waals surface area contributed by atoms with E-state index in [1.54, 1.807) is 49.5 Å². The molecule has 1 aliphatic rings. The molecule has 0 aliphatic carbocycles. The summed E-state index contributed by atoms with van der Waals surface area (Å²) in [6.45, 7) is 1.21. The number of para-hydroxylation sites is 1. The number of nitrogens with one attached hydrogen (secondary N) is 1. The highest BCUT2D eigenvalue weighted by molar-refractivity contribution is 7.91. The van der Waals surface area contributed by atoms with Gasteiger partial charge < -0.3 is 14.8 Å². The van der Waals surface area contributed by atoms with Crippen molar-refractivity contribution in [1.29, 1.82) is 0 Å². The van der Waals surface area contributed by atoms with Crippen LogP contribution >= 0.6 is 0 Å². The van der Waals surface area contributed by atoms with Gasteiger partial charge in [-0.1, -0.05) is 12.1 Å². The number of rotatable bonds is 7. The number of hydrogen-bond acceptors (Lipinski definition) is 8. The number of nitrogens with zero attached hydrogens (tertiary/aromatic N) is 3. The van der Waals surface area contributed by atoms with Crippen molar-refractivity contribution in [3.05, 3.63) is 66.1 Å². The smallest absolute Gasteiger partial charge is 0.342 e. The Balaban J connectivity index is 1.39. The van der Waals surface area contributed by atoms with Gasteiger partial charge in [0.1, 0.15) is 22.9 Å². The SMILES string of the molecule is Cc1cc(NC(=O)COC(=O)c2ccccc2Oc2cccnc2)n(C2CCS(=O)(=O)C2)n1. The number of hydrogen-bond donors (Lipinski definition) is 1. The minimum absolute atomic E-state index is 0.0281. The molecule has 0 radical (unpaired) electrons. The lowest BCUT2D eigenvalue weighted by molar-refractivity contribution is -0.119. The van der Waals surface area contributed by atoms with Gasteiger partial charge in [0.2, 0.25) is 0 Å². The largest absolute Gasteiger partial charge is 0.455 e. The zero-order valence-corrected chi connectivity index (χ0v) is 18.6. The van der Waals surface area contributed by atoms with Crippen LogP contribution in [0.4, 0.5) is 5.82 Å². The van der Waals surface area contributed by atoms with Crippen LogP contribution in [0.15, 0.2) is 54.9 Å². The molecule has 2 aromatic heterocycles. The van der Waals surface area contributed by atoms with Crippen molar-refractivity contribution in [3.8, 4) is 11.5 Å². The third-order valence-corrected chi connectivity index (χ3v) is 6.73. The van der Waals surface area contributed by atoms with Crippen LogP contribution < -0.4 is 10.1 Å². The molecule has 172 valence electrons. The third kappa shape index (κ3) is 5.55. The summed E-state index contributed by atoms with van der Waals surface area (Å²) in [5.74, 6) is -0.162. The average Bonchev–Trinajstić information content (AvgIpc) is 3.34. The molecule has 11 heteroatoms. The van der Waals surface area contributed by atoms with Gasteiger partial charge >= 0.3 is 5.97 Å². The van der Waals surface area contributed by atoms with Crippen LogP contribution in [0.5, 0.6) is 11.5 Å². The van der Waals surface area contributed by atoms with E-state index in [4.69, 9.17) is 9.47 Å². The van der Waals surface area contributed by atoms with Crippen molar-refractivity contribution in [2.45, 2.75) is 19.4 Å². The summed E-state index contributed by atoms with van der Waals surface area (Å²) in [7, 11) is -3.12. The van der Waals surface area contributed by atoms with E-state index in [2.05, 4.69) is 15.4 Å². The predicted molar refractivity (Wildman–Crippen MR) is 119 cm³/mol. The molecule has 3 heterocycles. The fraction of sp³-hybridized carbons (Fsp3) is 0.273. The number of aromatic nitrogens is 3. The minimum atomic E-state index is -3.12. The van der Waals surface area contributed by atoms with Crippen LogP contribution in [0, 0.1) is 6.92 Å². The van der Waals surface area contributed by atoms with Crippen LogP contribution in [0.3, 0.4) is 0 Å². The van der Waals surface area contributed by atoms with E-state index in [-0.39, 0.29) is 28.9 Å². The van der Waals surface area contributed by atoms with E-state index in [1.165, 1.54) is 16.9 Å². The van der Waals surface area contributed by atoms with E-state index in [0.717, 1.165) is 0 Å². The highest BCUT2D eigenvalue weighted by Crippen LogP contribution is 2.27. The van der Waals surface area contributed by atoms with Gasteiger partial charge in [0.05, 0.1) is 29.4 Å². The standard InChI is InChI=1S/C22H22N4O6S/c1-15-11-20(26(25-15)16-8-10-33(29,30)14-16)24-21(27)13-31-22(28)18-6-2-3-7-19(18)32-17-5-4-9-23-12-17/h2-7,9,11-12,16H,8,10,13-14H2,1H3,(H,24,27). The molecule has 1 unspecified atom stereocenters. The number of pyridine rings is 1. The third-order valence-electron chi connectivity index (χ3n) is 4.98. The van der Waals surface area contributed by atoms with Gasteiger partial charge in [-0.2, -0.15) is 5.10 Å². The Morgan fingerprint density at radius 2 is 2.03 bits per heavy atom. The average molecular weight is 471 g/mol. The molecule has 0 spiro atoms. The van der Waals surface area contributed by atoms with Crippen LogP contribution in [0.2, 0.25) is 0 Å². The fourth-order valence-electron chi connectivity index (χ4n) is 3.50. The molecule has 0 saturated carbocycles. The van der Waals surface area contributed by atoms with E-state index < -0.39 is 28.3 Å². The van der Waals surface area contributed by atoms with Gasteiger partial charge in [-0.3, -0.25) is 9.78 Å². The summed E-state index contributed by atoms with van der Waals surface area (Å²) in [4.78, 5) is 29.0. The summed E-state index contributed by atoms with van der Waals surface area (Å²) >= 11 is 0. The Hall–Kier alpha value is -3.73. The lowest BCUT2D eigenvalue weighted by atomic mass is 10.2. The van der Waals surface area contributed by atoms with Gasteiger partial charge in [-0.05, 0) is 37.6 Å². The molecule has 10 nitrogen and oxygen atoms in total. The molecule has 4 rings (SSSR count). The summed E-state index contributed by atoms with van der Waals surface area (Å²) < 4.78 is 36.0. The van der Waals surface area contributed by atoms with Crippen LogP contribution in [-0.4, -0.2) is 53.2 Å². The first-order chi connectivity index (χ1) is 15.8. The number of carbonyl (C=O) groups is 2. The predicted octanol–water partition coefficient (Wildman–Crippen LogP) is 2.53. The molecule has 1 amide bonds. The number of carbonyl (C=O) groups excluding carboxylic acids is 2. The van der Waals surface area contributed by atoms with Gasteiger partial charge in [0.15, 0.2) is 16.4 Å². The Morgan fingerprint density at radius 1 is 1.21 bits per heavy atom. The van der Waals surface area contributed by atoms with Crippen molar-refractivity contribution < 1.29 is 27.5 Å². The van der Waals surface area contributed by atoms with Gasteiger partial charge in [0, 0.05) is 12.3 Å². The number of amides is 1. The normalized spacial score (nSPS) is 16.8. The Bertz CT molecular complexity index is 1270. The second kappa shape index (κ2) is 9.41. The van der Waals surface area contributed by atoms with E-state index in [9.17, 15) is 18.0 Å². The molecule has 33 heavy (non-hydrogen) atoms. The first-order valence-electron chi connectivity index (χ1n) is 10.2. The number of esters is 1. The number of ether oxygens (including phenoxy) is 2. The summed E-state index contributed by atoms with van der Waals surface area (Å²) in [5.41, 5.74) is 0.791. The van der Waals surface area contributed by atoms with Gasteiger partial charge in [-0.25, -0.2) is 17.9 Å². The highest BCUT2D eigenvalue weighted by atomic mass is 32.2. The molecule has 1 atom stereocenters. The molecule has 3 aromatic rings. The maximum Gasteiger partial charge on any atom is 0.342 e. The van der Waals surface area contributed by atoms with Gasteiger partial charge in [-0.15, -0.1) is 0 Å². The number of sulfone groups is 1. The summed E-state index contributed by atoms with van der Waals surface area (Å²) in [6.07, 6.45) is 3.54. The van der Waals surface area contributed by atoms with Crippen LogP contribution in [0.25, 0.3) is 0 Å². The van der Waals surface area contributed by atoms with E-state index in [0.29, 0.717) is 23.7 Å². The highest BCUT2D eigenvalue weighted by Gasteiger charge is 2.31. The van der Waals surface area contributed by atoms with Crippen molar-refractivity contribution in [3.63, 3.8) is 0 Å². The second-order valence-corrected chi connectivity index (χ2v) is 9.81. The molecule has 1 aromatic carbocycles. The maximum atomic E-state index is 12.6. The zero-order valence-electron chi connectivity index (χ0n) is 17.8. The molecule has 0 bridgehead atoms. The summed E-state index contributed by atoms with van der Waals surface area (Å²) in [5, 5.41) is 6.96. The Morgan fingerprint density at radius 3 is 2.76 bits per heavy atom. The van der Waals surface area contributed by atoms with E-state index >= 15 is 0 Å². The van der Waals surface area contributed by atoms with E-state index in [1.807, 2.05) is 0 Å². The quantitative estimate of drug-likeness (QED) is 0.522. The first kappa shape index (κ1) is 22.5.